The molecule has 1 aromatic rings. The van der Waals surface area contributed by atoms with Crippen LogP contribution in [0.1, 0.15) is 13.8 Å². The molecular formula is C14H14N2O3S2. The van der Waals surface area contributed by atoms with E-state index in [1.165, 1.54) is 16.7 Å². The highest BCUT2D eigenvalue weighted by Gasteiger charge is 2.60. The van der Waals surface area contributed by atoms with E-state index in [0.29, 0.717) is 5.69 Å². The largest absolute Gasteiger partial charge is 0.480 e. The second-order valence-electron chi connectivity index (χ2n) is 5.51. The van der Waals surface area contributed by atoms with Gasteiger partial charge in [0.15, 0.2) is 10.5 Å². The third-order valence-corrected chi connectivity index (χ3v) is 5.57. The molecule has 0 saturated carbocycles. The second kappa shape index (κ2) is 4.71. The van der Waals surface area contributed by atoms with Crippen molar-refractivity contribution in [3.8, 4) is 0 Å². The molecule has 2 fully saturated rings. The fourth-order valence-electron chi connectivity index (χ4n) is 2.81. The van der Waals surface area contributed by atoms with Crippen molar-refractivity contribution >= 4 is 46.7 Å². The van der Waals surface area contributed by atoms with E-state index in [9.17, 15) is 14.7 Å². The van der Waals surface area contributed by atoms with Crippen molar-refractivity contribution in [2.75, 3.05) is 4.90 Å². The Hall–Kier alpha value is -1.60. The van der Waals surface area contributed by atoms with Crippen LogP contribution in [0.5, 0.6) is 0 Å². The van der Waals surface area contributed by atoms with Gasteiger partial charge >= 0.3 is 5.97 Å². The summed E-state index contributed by atoms with van der Waals surface area (Å²) in [6.45, 7) is 3.66. The lowest BCUT2D eigenvalue weighted by atomic mass is 10.0. The molecule has 2 atom stereocenters. The van der Waals surface area contributed by atoms with E-state index in [1.54, 1.807) is 17.0 Å². The van der Waals surface area contributed by atoms with Crippen LogP contribution >= 0.6 is 24.0 Å². The first kappa shape index (κ1) is 14.3. The fraction of sp³-hybridized carbons (Fsp3) is 0.357. The van der Waals surface area contributed by atoms with Crippen LogP contribution in [0.15, 0.2) is 30.3 Å². The molecule has 0 bridgehead atoms. The molecule has 2 aliphatic rings. The number of amides is 1. The van der Waals surface area contributed by atoms with Gasteiger partial charge in [0.1, 0.15) is 6.04 Å². The lowest BCUT2D eigenvalue weighted by molar-refractivity contribution is -0.142. The zero-order chi connectivity index (χ0) is 15.4. The molecule has 0 unspecified atom stereocenters. The van der Waals surface area contributed by atoms with Gasteiger partial charge < -0.3 is 10.0 Å². The minimum Gasteiger partial charge on any atom is -0.480 e. The van der Waals surface area contributed by atoms with Crippen LogP contribution in [0.4, 0.5) is 5.69 Å². The molecule has 1 amide bonds. The first-order valence-corrected chi connectivity index (χ1v) is 7.75. The molecule has 2 aliphatic heterocycles. The van der Waals surface area contributed by atoms with Crippen LogP contribution in [0, 0.1) is 0 Å². The number of hydrogen-bond donors (Lipinski definition) is 1. The number of rotatable bonds is 2. The van der Waals surface area contributed by atoms with Crippen molar-refractivity contribution in [2.45, 2.75) is 30.0 Å². The summed E-state index contributed by atoms with van der Waals surface area (Å²) in [7, 11) is 0. The number of para-hydroxylation sites is 1. The second-order valence-corrected chi connectivity index (χ2v) is 7.61. The van der Waals surface area contributed by atoms with Gasteiger partial charge in [-0.15, -0.1) is 11.8 Å². The Labute approximate surface area is 131 Å². The van der Waals surface area contributed by atoms with Gasteiger partial charge in [-0.05, 0) is 38.2 Å². The van der Waals surface area contributed by atoms with E-state index in [4.69, 9.17) is 12.2 Å². The van der Waals surface area contributed by atoms with Gasteiger partial charge in [-0.2, -0.15) is 0 Å². The van der Waals surface area contributed by atoms with Crippen LogP contribution in [-0.4, -0.2) is 43.2 Å². The van der Waals surface area contributed by atoms with Gasteiger partial charge in [0.2, 0.25) is 0 Å². The SMILES string of the molecule is CC1(C)S[C@@H]2C(=O)N(c3ccccc3)C(=S)N2[C@H]1C(=O)O. The molecule has 110 valence electrons. The maximum absolute atomic E-state index is 12.6. The highest BCUT2D eigenvalue weighted by Crippen LogP contribution is 2.48. The number of thiocarbonyl (C=S) groups is 1. The number of benzene rings is 1. The van der Waals surface area contributed by atoms with Crippen molar-refractivity contribution in [3.05, 3.63) is 30.3 Å². The van der Waals surface area contributed by atoms with Crippen molar-refractivity contribution < 1.29 is 14.7 Å². The minimum atomic E-state index is -0.958. The molecule has 2 saturated heterocycles. The molecule has 1 aromatic carbocycles. The molecule has 0 radical (unpaired) electrons. The summed E-state index contributed by atoms with van der Waals surface area (Å²) in [5.74, 6) is -1.13. The lowest BCUT2D eigenvalue weighted by Crippen LogP contribution is -2.49. The number of anilines is 1. The van der Waals surface area contributed by atoms with Gasteiger partial charge in [-0.1, -0.05) is 18.2 Å². The summed E-state index contributed by atoms with van der Waals surface area (Å²) in [5.41, 5.74) is 0.671. The number of carbonyl (C=O) groups is 2. The first-order chi connectivity index (χ1) is 9.84. The number of carboxylic acids is 1. The van der Waals surface area contributed by atoms with E-state index >= 15 is 0 Å². The Morgan fingerprint density at radius 2 is 1.95 bits per heavy atom. The molecule has 1 N–H and O–H groups in total. The highest BCUT2D eigenvalue weighted by molar-refractivity contribution is 8.02. The smallest absolute Gasteiger partial charge is 0.327 e. The monoisotopic (exact) mass is 322 g/mol. The quantitative estimate of drug-likeness (QED) is 0.840. The first-order valence-electron chi connectivity index (χ1n) is 6.46. The lowest BCUT2D eigenvalue weighted by Gasteiger charge is -2.29. The average Bonchev–Trinajstić information content (AvgIpc) is 2.82. The Morgan fingerprint density at radius 1 is 1.33 bits per heavy atom. The van der Waals surface area contributed by atoms with Gasteiger partial charge in [0.25, 0.3) is 5.91 Å². The van der Waals surface area contributed by atoms with Crippen LogP contribution in [-0.2, 0) is 9.59 Å². The predicted molar refractivity (Wildman–Crippen MR) is 85.2 cm³/mol. The average molecular weight is 322 g/mol. The number of carboxylic acid groups (broad SMARTS) is 1. The van der Waals surface area contributed by atoms with E-state index in [2.05, 4.69) is 0 Å². The number of aliphatic carboxylic acids is 1. The Balaban J connectivity index is 2.02. The normalized spacial score (nSPS) is 27.1. The zero-order valence-corrected chi connectivity index (χ0v) is 13.1. The fourth-order valence-corrected chi connectivity index (χ4v) is 4.74. The Bertz CT molecular complexity index is 632. The van der Waals surface area contributed by atoms with Gasteiger partial charge in [0.05, 0.1) is 5.69 Å². The molecule has 0 aliphatic carbocycles. The molecule has 0 spiro atoms. The Kier molecular flexibility index (Phi) is 3.22. The van der Waals surface area contributed by atoms with E-state index in [-0.39, 0.29) is 11.0 Å². The van der Waals surface area contributed by atoms with Crippen molar-refractivity contribution in [3.63, 3.8) is 0 Å². The van der Waals surface area contributed by atoms with E-state index in [0.717, 1.165) is 0 Å². The van der Waals surface area contributed by atoms with E-state index < -0.39 is 22.1 Å². The number of hydrogen-bond acceptors (Lipinski definition) is 4. The molecule has 3 rings (SSSR count). The van der Waals surface area contributed by atoms with Crippen LogP contribution < -0.4 is 4.90 Å². The summed E-state index contributed by atoms with van der Waals surface area (Å²) < 4.78 is -0.570. The molecule has 5 nitrogen and oxygen atoms in total. The summed E-state index contributed by atoms with van der Waals surface area (Å²) in [4.78, 5) is 27.2. The Morgan fingerprint density at radius 3 is 2.52 bits per heavy atom. The zero-order valence-electron chi connectivity index (χ0n) is 11.5. The summed E-state index contributed by atoms with van der Waals surface area (Å²) in [5, 5.41) is 9.22. The van der Waals surface area contributed by atoms with Crippen LogP contribution in [0.25, 0.3) is 0 Å². The van der Waals surface area contributed by atoms with Gasteiger partial charge in [-0.3, -0.25) is 9.69 Å². The number of carbonyl (C=O) groups excluding carboxylic acids is 1. The van der Waals surface area contributed by atoms with Gasteiger partial charge in [0, 0.05) is 4.75 Å². The maximum Gasteiger partial charge on any atom is 0.327 e. The molecule has 21 heavy (non-hydrogen) atoms. The number of fused-ring (bicyclic) bond motifs is 1. The topological polar surface area (TPSA) is 60.9 Å². The molecule has 0 aromatic heterocycles. The third kappa shape index (κ3) is 2.03. The van der Waals surface area contributed by atoms with Gasteiger partial charge in [-0.25, -0.2) is 4.79 Å². The number of nitrogens with zero attached hydrogens (tertiary/aromatic N) is 2. The van der Waals surface area contributed by atoms with Crippen LogP contribution in [0.2, 0.25) is 0 Å². The maximum atomic E-state index is 12.6. The predicted octanol–water partition coefficient (Wildman–Crippen LogP) is 1.92. The van der Waals surface area contributed by atoms with E-state index in [1.807, 2.05) is 32.0 Å². The summed E-state index contributed by atoms with van der Waals surface area (Å²) >= 11 is 6.74. The van der Waals surface area contributed by atoms with Crippen LogP contribution in [0.3, 0.4) is 0 Å². The molecular weight excluding hydrogens is 308 g/mol. The highest BCUT2D eigenvalue weighted by atomic mass is 32.2. The van der Waals surface area contributed by atoms with Crippen molar-refractivity contribution in [2.24, 2.45) is 0 Å². The van der Waals surface area contributed by atoms with Crippen molar-refractivity contribution in [1.29, 1.82) is 0 Å². The standard InChI is InChI=1S/C14H14N2O3S2/c1-14(2)9(12(18)19)16-11(21-14)10(17)15(13(16)20)8-6-4-3-5-7-8/h3-7,9,11H,1-2H3,(H,18,19)/t9-,11+/m0/s1. The summed E-state index contributed by atoms with van der Waals surface area (Å²) in [6, 6.07) is 8.26. The number of thioether (sulfide) groups is 1. The molecule has 7 heteroatoms. The third-order valence-electron chi connectivity index (χ3n) is 3.70. The molecule has 2 heterocycles. The minimum absolute atomic E-state index is 0.173. The summed E-state index contributed by atoms with van der Waals surface area (Å²) in [6.07, 6.45) is 0. The van der Waals surface area contributed by atoms with Crippen molar-refractivity contribution in [1.82, 2.24) is 4.90 Å².